The highest BCUT2D eigenvalue weighted by Crippen LogP contribution is 2.28. The van der Waals surface area contributed by atoms with E-state index in [0.717, 1.165) is 5.39 Å². The maximum atomic E-state index is 7.39. The van der Waals surface area contributed by atoms with Crippen LogP contribution in [0.25, 0.3) is 10.9 Å². The molecule has 0 aliphatic carbocycles. The Balaban J connectivity index is 2.26. The highest BCUT2D eigenvalue weighted by molar-refractivity contribution is 5.91. The number of aromatic nitrogens is 1. The number of ether oxygens (including phenoxy) is 1. The van der Waals surface area contributed by atoms with Crippen molar-refractivity contribution in [3.63, 3.8) is 0 Å². The van der Waals surface area contributed by atoms with Gasteiger partial charge in [-0.25, -0.2) is 0 Å². The fourth-order valence-corrected chi connectivity index (χ4v) is 1.97. The van der Waals surface area contributed by atoms with Crippen LogP contribution in [0.4, 0.5) is 5.69 Å². The smallest absolute Gasteiger partial charge is 0.121 e. The van der Waals surface area contributed by atoms with Gasteiger partial charge in [-0.15, -0.1) is 0 Å². The third-order valence-corrected chi connectivity index (χ3v) is 2.92. The Morgan fingerprint density at radius 3 is 3.26 bits per heavy atom. The topological polar surface area (TPSA) is 60.2 Å². The predicted molar refractivity (Wildman–Crippen MR) is 79.7 cm³/mol. The van der Waals surface area contributed by atoms with E-state index in [2.05, 4.69) is 10.3 Å². The van der Waals surface area contributed by atoms with Crippen LogP contribution in [0.1, 0.15) is 26.6 Å². The summed E-state index contributed by atoms with van der Waals surface area (Å²) in [5.74, 6) is 0.222. The molecule has 3 N–H and O–H groups in total. The Bertz CT molecular complexity index is 700. The second-order valence-corrected chi connectivity index (χ2v) is 4.44. The van der Waals surface area contributed by atoms with Crippen molar-refractivity contribution in [1.82, 2.24) is 4.98 Å². The van der Waals surface area contributed by atoms with Gasteiger partial charge in [-0.3, -0.25) is 4.98 Å². The number of hydrogen-bond donors (Lipinski definition) is 2. The lowest BCUT2D eigenvalue weighted by molar-refractivity contribution is 0.415. The summed E-state index contributed by atoms with van der Waals surface area (Å²) in [6, 6.07) is 6.73. The summed E-state index contributed by atoms with van der Waals surface area (Å²) in [7, 11) is -2.53. The number of nitrogens with zero attached hydrogens (tertiary/aromatic N) is 1. The number of hydrogen-bond acceptors (Lipinski definition) is 4. The second kappa shape index (κ2) is 6.38. The van der Waals surface area contributed by atoms with Gasteiger partial charge >= 0.3 is 0 Å². The number of rotatable bonds is 6. The van der Waals surface area contributed by atoms with Crippen LogP contribution < -0.4 is 15.8 Å². The summed E-state index contributed by atoms with van der Waals surface area (Å²) in [5.41, 5.74) is 6.70. The van der Waals surface area contributed by atoms with Crippen molar-refractivity contribution in [2.45, 2.75) is 25.8 Å². The highest BCUT2D eigenvalue weighted by Gasteiger charge is 2.08. The van der Waals surface area contributed by atoms with Crippen molar-refractivity contribution >= 4 is 16.6 Å². The van der Waals surface area contributed by atoms with Crippen molar-refractivity contribution < 1.29 is 11.6 Å². The molecule has 1 aromatic heterocycles. The molecule has 1 atom stereocenters. The Morgan fingerprint density at radius 1 is 1.58 bits per heavy atom. The molecule has 0 aliphatic heterocycles. The second-order valence-electron chi connectivity index (χ2n) is 4.44. The minimum Gasteiger partial charge on any atom is -0.497 e. The lowest BCUT2D eigenvalue weighted by atomic mass is 10.1. The quantitative estimate of drug-likeness (QED) is 0.842. The van der Waals surface area contributed by atoms with Crippen molar-refractivity contribution in [2.24, 2.45) is 5.73 Å². The van der Waals surface area contributed by atoms with Gasteiger partial charge in [0.15, 0.2) is 0 Å². The summed E-state index contributed by atoms with van der Waals surface area (Å²) in [4.78, 5) is 4.32. The molecule has 4 heteroatoms. The van der Waals surface area contributed by atoms with Crippen LogP contribution in [0, 0.1) is 0 Å². The Kier molecular flexibility index (Phi) is 2.82. The van der Waals surface area contributed by atoms with E-state index in [-0.39, 0.29) is 18.2 Å². The molecule has 0 aliphatic rings. The number of anilines is 1. The number of nitrogens with two attached hydrogens (primary N) is 1. The zero-order valence-electron chi connectivity index (χ0n) is 15.8. The molecule has 102 valence electrons. The van der Waals surface area contributed by atoms with Crippen molar-refractivity contribution in [3.8, 4) is 5.75 Å². The molecule has 2 aromatic rings. The summed E-state index contributed by atoms with van der Waals surface area (Å²) >= 11 is 0. The van der Waals surface area contributed by atoms with E-state index in [9.17, 15) is 0 Å². The SMILES string of the molecule is [2H]C([2H])(N)CCC(C)Nc1cc(OC([2H])([2H])[2H])cc2cccnc12. The molecule has 19 heavy (non-hydrogen) atoms. The number of benzene rings is 1. The van der Waals surface area contributed by atoms with Gasteiger partial charge in [0.1, 0.15) is 5.75 Å². The minimum absolute atomic E-state index is 0.0724. The van der Waals surface area contributed by atoms with Gasteiger partial charge < -0.3 is 15.8 Å². The maximum Gasteiger partial charge on any atom is 0.121 e. The van der Waals surface area contributed by atoms with Crippen LogP contribution in [-0.2, 0) is 0 Å². The van der Waals surface area contributed by atoms with Gasteiger partial charge in [-0.05, 0) is 38.4 Å². The van der Waals surface area contributed by atoms with E-state index < -0.39 is 13.5 Å². The van der Waals surface area contributed by atoms with Crippen molar-refractivity contribution in [1.29, 1.82) is 0 Å². The lowest BCUT2D eigenvalue weighted by Crippen LogP contribution is -2.17. The van der Waals surface area contributed by atoms with E-state index in [1.807, 2.05) is 13.0 Å². The molecular formula is C15H21N3O. The minimum atomic E-state index is -2.53. The zero-order valence-corrected chi connectivity index (χ0v) is 10.8. The van der Waals surface area contributed by atoms with E-state index in [0.29, 0.717) is 17.6 Å². The standard InChI is InChI=1S/C15H21N3O/c1-11(5-3-7-16)18-14-10-13(19-2)9-12-6-4-8-17-15(12)14/h4,6,8-11,18H,3,5,7,16H2,1-2H3/i2D3,7D2. The molecule has 0 bridgehead atoms. The monoisotopic (exact) mass is 264 g/mol. The Hall–Kier alpha value is -1.81. The van der Waals surface area contributed by atoms with Gasteiger partial charge in [0.25, 0.3) is 0 Å². The fourth-order valence-electron chi connectivity index (χ4n) is 1.97. The first-order valence-corrected chi connectivity index (χ1v) is 6.17. The lowest BCUT2D eigenvalue weighted by Gasteiger charge is -2.17. The third kappa shape index (κ3) is 3.35. The van der Waals surface area contributed by atoms with Crippen LogP contribution in [0.2, 0.25) is 0 Å². The Morgan fingerprint density at radius 2 is 2.47 bits per heavy atom. The normalized spacial score (nSPS) is 17.7. The molecule has 2 rings (SSSR count). The Labute approximate surface area is 121 Å². The predicted octanol–water partition coefficient (Wildman–Crippen LogP) is 2.78. The van der Waals surface area contributed by atoms with Crippen LogP contribution in [0.3, 0.4) is 0 Å². The largest absolute Gasteiger partial charge is 0.497 e. The van der Waals surface area contributed by atoms with E-state index in [1.54, 1.807) is 24.4 Å². The molecule has 1 aromatic carbocycles. The highest BCUT2D eigenvalue weighted by atomic mass is 16.5. The molecule has 0 fully saturated rings. The van der Waals surface area contributed by atoms with Gasteiger partial charge in [0, 0.05) is 26.4 Å². The summed E-state index contributed by atoms with van der Waals surface area (Å²) < 4.78 is 41.5. The van der Waals surface area contributed by atoms with E-state index in [4.69, 9.17) is 17.3 Å². The first-order chi connectivity index (χ1) is 11.0. The van der Waals surface area contributed by atoms with Gasteiger partial charge in [0.05, 0.1) is 22.4 Å². The number of methoxy groups -OCH3 is 1. The fraction of sp³-hybridized carbons (Fsp3) is 0.400. The van der Waals surface area contributed by atoms with Crippen LogP contribution >= 0.6 is 0 Å². The number of fused-ring (bicyclic) bond motifs is 1. The molecule has 1 heterocycles. The number of nitrogens with one attached hydrogen (secondary N) is 1. The van der Waals surface area contributed by atoms with Gasteiger partial charge in [0.2, 0.25) is 0 Å². The maximum absolute atomic E-state index is 7.39. The average molecular weight is 264 g/mol. The molecule has 0 radical (unpaired) electrons. The average Bonchev–Trinajstić information content (AvgIpc) is 2.42. The molecular weight excluding hydrogens is 238 g/mol. The summed E-state index contributed by atoms with van der Waals surface area (Å²) in [6.07, 6.45) is 2.38. The molecule has 0 amide bonds. The molecule has 1 unspecified atom stereocenters. The first-order valence-electron chi connectivity index (χ1n) is 8.67. The van der Waals surface area contributed by atoms with Gasteiger partial charge in [-0.2, -0.15) is 0 Å². The van der Waals surface area contributed by atoms with Crippen LogP contribution in [0.15, 0.2) is 30.5 Å². The van der Waals surface area contributed by atoms with E-state index >= 15 is 0 Å². The van der Waals surface area contributed by atoms with Crippen LogP contribution in [0.5, 0.6) is 5.75 Å². The van der Waals surface area contributed by atoms with Crippen molar-refractivity contribution in [2.75, 3.05) is 18.9 Å². The molecule has 0 spiro atoms. The van der Waals surface area contributed by atoms with Gasteiger partial charge in [-0.1, -0.05) is 6.07 Å². The van der Waals surface area contributed by atoms with Crippen LogP contribution in [-0.4, -0.2) is 24.6 Å². The zero-order chi connectivity index (χ0) is 18.0. The molecule has 0 saturated carbocycles. The molecule has 0 saturated heterocycles. The summed E-state index contributed by atoms with van der Waals surface area (Å²) in [6.45, 7) is 0.181. The number of pyridine rings is 1. The van der Waals surface area contributed by atoms with E-state index in [1.165, 1.54) is 0 Å². The molecule has 4 nitrogen and oxygen atoms in total. The third-order valence-electron chi connectivity index (χ3n) is 2.92. The summed E-state index contributed by atoms with van der Waals surface area (Å²) in [5, 5.41) is 3.99. The van der Waals surface area contributed by atoms with Crippen molar-refractivity contribution in [3.05, 3.63) is 30.5 Å². The first kappa shape index (κ1) is 8.38.